The molecule has 2 bridgehead atoms. The number of fused-ring (bicyclic) bond motifs is 2. The molecule has 0 saturated carbocycles. The lowest BCUT2D eigenvalue weighted by Gasteiger charge is -2.30. The van der Waals surface area contributed by atoms with Crippen molar-refractivity contribution in [1.82, 2.24) is 10.2 Å². The summed E-state index contributed by atoms with van der Waals surface area (Å²) < 4.78 is 0. The minimum Gasteiger partial charge on any atom is -0.368 e. The maximum Gasteiger partial charge on any atom is 0.237 e. The summed E-state index contributed by atoms with van der Waals surface area (Å²) in [5.74, 6) is 0.154. The fourth-order valence-corrected chi connectivity index (χ4v) is 3.55. The third kappa shape index (κ3) is 4.20. The second-order valence-electron chi connectivity index (χ2n) is 6.31. The van der Waals surface area contributed by atoms with Crippen LogP contribution in [0.4, 0.5) is 0 Å². The average molecular weight is 281 g/mol. The lowest BCUT2D eigenvalue weighted by atomic mass is 9.89. The van der Waals surface area contributed by atoms with Crippen LogP contribution in [0, 0.1) is 5.92 Å². The van der Waals surface area contributed by atoms with Gasteiger partial charge in [0.15, 0.2) is 0 Å². The summed E-state index contributed by atoms with van der Waals surface area (Å²) in [5.41, 5.74) is 5.25. The van der Waals surface area contributed by atoms with Gasteiger partial charge in [0.2, 0.25) is 11.8 Å². The summed E-state index contributed by atoms with van der Waals surface area (Å²) in [4.78, 5) is 25.1. The first kappa shape index (κ1) is 15.3. The first-order chi connectivity index (χ1) is 9.58. The maximum absolute atomic E-state index is 12.4. The Morgan fingerprint density at radius 1 is 1.25 bits per heavy atom. The van der Waals surface area contributed by atoms with E-state index in [4.69, 9.17) is 5.73 Å². The molecule has 0 spiro atoms. The molecule has 2 saturated heterocycles. The first-order valence-electron chi connectivity index (χ1n) is 7.90. The van der Waals surface area contributed by atoms with Crippen LogP contribution in [0.15, 0.2) is 0 Å². The Hall–Kier alpha value is -1.10. The molecule has 2 amide bonds. The van der Waals surface area contributed by atoms with E-state index in [0.29, 0.717) is 31.0 Å². The Labute approximate surface area is 121 Å². The van der Waals surface area contributed by atoms with Crippen LogP contribution in [0.5, 0.6) is 0 Å². The zero-order chi connectivity index (χ0) is 14.5. The number of hydrogen-bond donors (Lipinski definition) is 2. The molecule has 5 nitrogen and oxygen atoms in total. The van der Waals surface area contributed by atoms with Gasteiger partial charge in [0.25, 0.3) is 0 Å². The van der Waals surface area contributed by atoms with Crippen LogP contribution in [0.25, 0.3) is 0 Å². The summed E-state index contributed by atoms with van der Waals surface area (Å²) in [6.07, 6.45) is 7.20. The number of hydrogen-bond acceptors (Lipinski definition) is 3. The highest BCUT2D eigenvalue weighted by Crippen LogP contribution is 2.32. The second-order valence-corrected chi connectivity index (χ2v) is 6.31. The van der Waals surface area contributed by atoms with Crippen molar-refractivity contribution in [3.8, 4) is 0 Å². The van der Waals surface area contributed by atoms with Crippen LogP contribution in [0.2, 0.25) is 0 Å². The average Bonchev–Trinajstić information content (AvgIpc) is 2.73. The number of nitrogens with two attached hydrogens (primary N) is 1. The number of carbonyl (C=O) groups excluding carboxylic acids is 2. The van der Waals surface area contributed by atoms with Gasteiger partial charge in [-0.05, 0) is 38.0 Å². The zero-order valence-corrected chi connectivity index (χ0v) is 12.4. The molecule has 2 aliphatic rings. The van der Waals surface area contributed by atoms with Gasteiger partial charge in [-0.25, -0.2) is 0 Å². The SMILES string of the molecule is CCCCN(CC(N)=O)C(=O)CC1CC2CCC(C1)N2. The van der Waals surface area contributed by atoms with Crippen molar-refractivity contribution >= 4 is 11.8 Å². The van der Waals surface area contributed by atoms with Gasteiger partial charge >= 0.3 is 0 Å². The minimum atomic E-state index is -0.417. The minimum absolute atomic E-state index is 0.0661. The van der Waals surface area contributed by atoms with Gasteiger partial charge in [-0.1, -0.05) is 13.3 Å². The molecule has 0 radical (unpaired) electrons. The van der Waals surface area contributed by atoms with Gasteiger partial charge in [0.05, 0.1) is 6.54 Å². The highest BCUT2D eigenvalue weighted by molar-refractivity contribution is 5.83. The molecule has 0 aromatic carbocycles. The lowest BCUT2D eigenvalue weighted by molar-refractivity contribution is -0.136. The van der Waals surface area contributed by atoms with Gasteiger partial charge in [-0.3, -0.25) is 9.59 Å². The number of nitrogens with zero attached hydrogens (tertiary/aromatic N) is 1. The topological polar surface area (TPSA) is 75.4 Å². The fourth-order valence-electron chi connectivity index (χ4n) is 3.55. The smallest absolute Gasteiger partial charge is 0.237 e. The van der Waals surface area contributed by atoms with E-state index in [-0.39, 0.29) is 12.5 Å². The maximum atomic E-state index is 12.4. The first-order valence-corrected chi connectivity index (χ1v) is 7.90. The van der Waals surface area contributed by atoms with Gasteiger partial charge in [-0.2, -0.15) is 0 Å². The van der Waals surface area contributed by atoms with Crippen molar-refractivity contribution in [2.75, 3.05) is 13.1 Å². The molecule has 20 heavy (non-hydrogen) atoms. The van der Waals surface area contributed by atoms with Gasteiger partial charge in [-0.15, -0.1) is 0 Å². The molecule has 2 heterocycles. The summed E-state index contributed by atoms with van der Waals surface area (Å²) in [6, 6.07) is 1.21. The Morgan fingerprint density at radius 3 is 2.45 bits per heavy atom. The van der Waals surface area contributed by atoms with Gasteiger partial charge in [0.1, 0.15) is 0 Å². The normalized spacial score (nSPS) is 28.4. The summed E-state index contributed by atoms with van der Waals surface area (Å²) in [7, 11) is 0. The molecule has 3 N–H and O–H groups in total. The second kappa shape index (κ2) is 7.07. The highest BCUT2D eigenvalue weighted by Gasteiger charge is 2.34. The van der Waals surface area contributed by atoms with Crippen molar-refractivity contribution < 1.29 is 9.59 Å². The van der Waals surface area contributed by atoms with E-state index >= 15 is 0 Å². The van der Waals surface area contributed by atoms with Crippen molar-refractivity contribution in [2.45, 2.75) is 64.0 Å². The number of primary amides is 1. The summed E-state index contributed by atoms with van der Waals surface area (Å²) >= 11 is 0. The molecule has 2 unspecified atom stereocenters. The van der Waals surface area contributed by atoms with E-state index in [1.807, 2.05) is 0 Å². The molecule has 0 aliphatic carbocycles. The molecular formula is C15H27N3O2. The summed E-state index contributed by atoms with van der Waals surface area (Å²) in [6.45, 7) is 2.80. The van der Waals surface area contributed by atoms with Crippen LogP contribution in [0.1, 0.15) is 51.9 Å². The fraction of sp³-hybridized carbons (Fsp3) is 0.867. The highest BCUT2D eigenvalue weighted by atomic mass is 16.2. The zero-order valence-electron chi connectivity index (χ0n) is 12.4. The van der Waals surface area contributed by atoms with Crippen LogP contribution in [-0.2, 0) is 9.59 Å². The molecule has 114 valence electrons. The van der Waals surface area contributed by atoms with Crippen LogP contribution in [-0.4, -0.2) is 41.9 Å². The third-order valence-electron chi connectivity index (χ3n) is 4.51. The number of amides is 2. The predicted octanol–water partition coefficient (Wildman–Crippen LogP) is 1.02. The van der Waals surface area contributed by atoms with Crippen LogP contribution >= 0.6 is 0 Å². The van der Waals surface area contributed by atoms with E-state index in [9.17, 15) is 9.59 Å². The molecule has 0 aromatic heterocycles. The number of nitrogens with one attached hydrogen (secondary N) is 1. The van der Waals surface area contributed by atoms with Crippen molar-refractivity contribution in [1.29, 1.82) is 0 Å². The quantitative estimate of drug-likeness (QED) is 0.731. The Balaban J connectivity index is 1.85. The van der Waals surface area contributed by atoms with Gasteiger partial charge < -0.3 is 16.0 Å². The van der Waals surface area contributed by atoms with Crippen molar-refractivity contribution in [3.05, 3.63) is 0 Å². The number of unbranched alkanes of at least 4 members (excludes halogenated alkanes) is 1. The van der Waals surface area contributed by atoms with E-state index in [1.165, 1.54) is 12.8 Å². The van der Waals surface area contributed by atoms with E-state index < -0.39 is 5.91 Å². The molecule has 2 aliphatic heterocycles. The number of piperidine rings is 1. The number of carbonyl (C=O) groups is 2. The van der Waals surface area contributed by atoms with Crippen LogP contribution < -0.4 is 11.1 Å². The van der Waals surface area contributed by atoms with Crippen molar-refractivity contribution in [2.24, 2.45) is 11.7 Å². The molecule has 2 fully saturated rings. The van der Waals surface area contributed by atoms with Gasteiger partial charge in [0, 0.05) is 25.0 Å². The molecular weight excluding hydrogens is 254 g/mol. The summed E-state index contributed by atoms with van der Waals surface area (Å²) in [5, 5.41) is 3.59. The largest absolute Gasteiger partial charge is 0.368 e. The van der Waals surface area contributed by atoms with E-state index in [2.05, 4.69) is 12.2 Å². The van der Waals surface area contributed by atoms with Crippen molar-refractivity contribution in [3.63, 3.8) is 0 Å². The Kier molecular flexibility index (Phi) is 5.40. The molecule has 2 atom stereocenters. The van der Waals surface area contributed by atoms with Crippen LogP contribution in [0.3, 0.4) is 0 Å². The molecule has 0 aromatic rings. The molecule has 2 rings (SSSR count). The third-order valence-corrected chi connectivity index (χ3v) is 4.51. The standard InChI is InChI=1S/C15H27N3O2/c1-2-3-6-18(10-14(16)19)15(20)9-11-7-12-4-5-13(8-11)17-12/h11-13,17H,2-10H2,1H3,(H2,16,19). The Morgan fingerprint density at radius 2 is 1.90 bits per heavy atom. The van der Waals surface area contributed by atoms with E-state index in [0.717, 1.165) is 25.7 Å². The monoisotopic (exact) mass is 281 g/mol. The van der Waals surface area contributed by atoms with E-state index in [1.54, 1.807) is 4.90 Å². The number of rotatable bonds is 7. The Bertz CT molecular complexity index is 347. The lowest BCUT2D eigenvalue weighted by Crippen LogP contribution is -2.42. The predicted molar refractivity (Wildman–Crippen MR) is 78.0 cm³/mol. The molecule has 5 heteroatoms.